The molecular formula is C5H14S2. The normalized spacial score (nSPS) is 6.86. The molecule has 0 spiro atoms. The molecule has 0 N–H and O–H groups in total. The van der Waals surface area contributed by atoms with Gasteiger partial charge in [-0.2, -0.15) is 23.5 Å². The van der Waals surface area contributed by atoms with Crippen LogP contribution in [0.2, 0.25) is 0 Å². The second kappa shape index (κ2) is 15.9. The smallest absolute Gasteiger partial charge is 0.00988 e. The summed E-state index contributed by atoms with van der Waals surface area (Å²) in [4.78, 5) is 0. The van der Waals surface area contributed by atoms with E-state index in [9.17, 15) is 0 Å². The van der Waals surface area contributed by atoms with Gasteiger partial charge >= 0.3 is 0 Å². The summed E-state index contributed by atoms with van der Waals surface area (Å²) < 4.78 is 0. The molecule has 2 heteroatoms. The van der Waals surface area contributed by atoms with Crippen molar-refractivity contribution in [1.29, 1.82) is 0 Å². The SMILES string of the molecule is CCSC.CSC. The molecule has 0 aromatic heterocycles. The topological polar surface area (TPSA) is 0 Å². The molecule has 0 atom stereocenters. The van der Waals surface area contributed by atoms with Gasteiger partial charge in [-0.3, -0.25) is 0 Å². The summed E-state index contributed by atoms with van der Waals surface area (Å²) in [6.45, 7) is 2.14. The highest BCUT2D eigenvalue weighted by molar-refractivity contribution is 7.98. The molecule has 7 heavy (non-hydrogen) atoms. The van der Waals surface area contributed by atoms with E-state index in [4.69, 9.17) is 0 Å². The van der Waals surface area contributed by atoms with Gasteiger partial charge in [-0.1, -0.05) is 6.92 Å². The van der Waals surface area contributed by atoms with Gasteiger partial charge in [0.1, 0.15) is 0 Å². The van der Waals surface area contributed by atoms with Gasteiger partial charge in [-0.05, 0) is 24.5 Å². The lowest BCUT2D eigenvalue weighted by Gasteiger charge is -1.69. The summed E-state index contributed by atoms with van der Waals surface area (Å²) in [5.74, 6) is 1.24. The van der Waals surface area contributed by atoms with Gasteiger partial charge in [0.25, 0.3) is 0 Å². The minimum absolute atomic E-state index is 1.24. The maximum Gasteiger partial charge on any atom is -0.00988 e. The molecule has 46 valence electrons. The molecule has 0 heterocycles. The minimum Gasteiger partial charge on any atom is -0.169 e. The fraction of sp³-hybridized carbons (Fsp3) is 1.00. The lowest BCUT2D eigenvalue weighted by molar-refractivity contribution is 1.53. The molecule has 0 fully saturated rings. The van der Waals surface area contributed by atoms with Crippen LogP contribution in [0.3, 0.4) is 0 Å². The molecule has 0 radical (unpaired) electrons. The zero-order valence-electron chi connectivity index (χ0n) is 5.52. The highest BCUT2D eigenvalue weighted by Gasteiger charge is 1.55. The van der Waals surface area contributed by atoms with Gasteiger partial charge in [0.05, 0.1) is 0 Å². The maximum absolute atomic E-state index is 2.14. The summed E-state index contributed by atoms with van der Waals surface area (Å²) >= 11 is 3.61. The first kappa shape index (κ1) is 10.6. The molecule has 0 saturated heterocycles. The van der Waals surface area contributed by atoms with Crippen molar-refractivity contribution in [3.05, 3.63) is 0 Å². The Morgan fingerprint density at radius 3 is 1.29 bits per heavy atom. The number of hydrogen-bond donors (Lipinski definition) is 0. The van der Waals surface area contributed by atoms with Crippen molar-refractivity contribution in [2.45, 2.75) is 6.92 Å². The molecule has 0 rings (SSSR count). The van der Waals surface area contributed by atoms with Crippen LogP contribution in [0.15, 0.2) is 0 Å². The minimum atomic E-state index is 1.24. The van der Waals surface area contributed by atoms with E-state index in [1.165, 1.54) is 5.75 Å². The van der Waals surface area contributed by atoms with Crippen molar-refractivity contribution in [2.24, 2.45) is 0 Å². The third-order valence-corrected chi connectivity index (χ3v) is 0.866. The van der Waals surface area contributed by atoms with E-state index in [2.05, 4.69) is 13.2 Å². The van der Waals surface area contributed by atoms with Crippen molar-refractivity contribution in [3.63, 3.8) is 0 Å². The van der Waals surface area contributed by atoms with Crippen molar-refractivity contribution >= 4 is 23.5 Å². The summed E-state index contributed by atoms with van der Waals surface area (Å²) in [5.41, 5.74) is 0. The first-order chi connectivity index (χ1) is 3.33. The van der Waals surface area contributed by atoms with Crippen LogP contribution < -0.4 is 0 Å². The van der Waals surface area contributed by atoms with E-state index in [-0.39, 0.29) is 0 Å². The van der Waals surface area contributed by atoms with Gasteiger partial charge in [-0.15, -0.1) is 0 Å². The van der Waals surface area contributed by atoms with E-state index in [0.29, 0.717) is 0 Å². The van der Waals surface area contributed by atoms with E-state index >= 15 is 0 Å². The molecule has 0 nitrogen and oxygen atoms in total. The van der Waals surface area contributed by atoms with Crippen LogP contribution in [0, 0.1) is 0 Å². The summed E-state index contributed by atoms with van der Waals surface area (Å²) in [6, 6.07) is 0. The lowest BCUT2D eigenvalue weighted by atomic mass is 11.0. The van der Waals surface area contributed by atoms with Crippen LogP contribution in [0.1, 0.15) is 6.92 Å². The van der Waals surface area contributed by atoms with E-state index in [1.54, 1.807) is 11.8 Å². The fourth-order valence-corrected chi connectivity index (χ4v) is 0. The quantitative estimate of drug-likeness (QED) is 0.545. The zero-order chi connectivity index (χ0) is 6.12. The summed E-state index contributed by atoms with van der Waals surface area (Å²) in [6.07, 6.45) is 6.18. The monoisotopic (exact) mass is 138 g/mol. The van der Waals surface area contributed by atoms with Crippen LogP contribution in [0.25, 0.3) is 0 Å². The maximum atomic E-state index is 2.14. The molecule has 0 aliphatic rings. The van der Waals surface area contributed by atoms with Crippen molar-refractivity contribution < 1.29 is 0 Å². The Morgan fingerprint density at radius 2 is 1.29 bits per heavy atom. The molecule has 0 aliphatic heterocycles. The van der Waals surface area contributed by atoms with Crippen molar-refractivity contribution in [1.82, 2.24) is 0 Å². The molecule has 0 bridgehead atoms. The molecule has 0 aromatic rings. The summed E-state index contributed by atoms with van der Waals surface area (Å²) in [7, 11) is 0. The van der Waals surface area contributed by atoms with E-state index in [0.717, 1.165) is 0 Å². The van der Waals surface area contributed by atoms with E-state index in [1.807, 2.05) is 24.3 Å². The highest BCUT2D eigenvalue weighted by atomic mass is 32.2. The third-order valence-electron chi connectivity index (χ3n) is 0.289. The van der Waals surface area contributed by atoms with Crippen LogP contribution in [-0.4, -0.2) is 24.5 Å². The van der Waals surface area contributed by atoms with Crippen molar-refractivity contribution in [3.8, 4) is 0 Å². The first-order valence-electron chi connectivity index (χ1n) is 2.22. The molecule has 0 aromatic carbocycles. The average Bonchev–Trinajstić information content (AvgIpc) is 1.69. The first-order valence-corrected chi connectivity index (χ1v) is 5.25. The Morgan fingerprint density at radius 1 is 1.14 bits per heavy atom. The van der Waals surface area contributed by atoms with Gasteiger partial charge in [0.2, 0.25) is 0 Å². The average molecular weight is 138 g/mol. The molecule has 0 saturated carbocycles. The standard InChI is InChI=1S/C3H8S.C2H6S/c1-3-4-2;1-3-2/h3H2,1-2H3;1-2H3. The van der Waals surface area contributed by atoms with Crippen LogP contribution in [-0.2, 0) is 0 Å². The zero-order valence-corrected chi connectivity index (χ0v) is 7.16. The number of rotatable bonds is 1. The van der Waals surface area contributed by atoms with Crippen LogP contribution >= 0.6 is 23.5 Å². The molecule has 0 aliphatic carbocycles. The Balaban J connectivity index is 0. The van der Waals surface area contributed by atoms with E-state index < -0.39 is 0 Å². The predicted molar refractivity (Wildman–Crippen MR) is 43.5 cm³/mol. The number of thioether (sulfide) groups is 2. The van der Waals surface area contributed by atoms with Gasteiger partial charge in [0.15, 0.2) is 0 Å². The molecule has 0 amide bonds. The Kier molecular flexibility index (Phi) is 24.2. The summed E-state index contributed by atoms with van der Waals surface area (Å²) in [5, 5.41) is 0. The Labute approximate surface area is 55.5 Å². The third kappa shape index (κ3) is 51.2. The molecular weight excluding hydrogens is 124 g/mol. The fourth-order valence-electron chi connectivity index (χ4n) is 0. The van der Waals surface area contributed by atoms with Crippen LogP contribution in [0.5, 0.6) is 0 Å². The Bertz CT molecular complexity index is 13.6. The van der Waals surface area contributed by atoms with Gasteiger partial charge in [0, 0.05) is 0 Å². The molecule has 0 unspecified atom stereocenters. The second-order valence-corrected chi connectivity index (χ2v) is 2.96. The van der Waals surface area contributed by atoms with Crippen LogP contribution in [0.4, 0.5) is 0 Å². The lowest BCUT2D eigenvalue weighted by Crippen LogP contribution is -1.52. The van der Waals surface area contributed by atoms with Crippen molar-refractivity contribution in [2.75, 3.05) is 24.5 Å². The number of hydrogen-bond acceptors (Lipinski definition) is 2. The second-order valence-electron chi connectivity index (χ2n) is 0.986. The van der Waals surface area contributed by atoms with Gasteiger partial charge < -0.3 is 0 Å². The largest absolute Gasteiger partial charge is 0.169 e. The highest BCUT2D eigenvalue weighted by Crippen LogP contribution is 1.83. The predicted octanol–water partition coefficient (Wildman–Crippen LogP) is 2.35. The van der Waals surface area contributed by atoms with Gasteiger partial charge in [-0.25, -0.2) is 0 Å². The Hall–Kier alpha value is 0.700.